The van der Waals surface area contributed by atoms with Gasteiger partial charge in [0.2, 0.25) is 0 Å². The van der Waals surface area contributed by atoms with Gasteiger partial charge in [-0.05, 0) is 44.0 Å². The summed E-state index contributed by atoms with van der Waals surface area (Å²) in [6.07, 6.45) is 1.96. The van der Waals surface area contributed by atoms with Crippen molar-refractivity contribution in [2.75, 3.05) is 7.11 Å². The van der Waals surface area contributed by atoms with E-state index >= 15 is 0 Å². The molecule has 1 aliphatic rings. The standard InChI is InChI=1S/C17H16N2O2/c1-11-3-8-16(21-2)14(9-11)15-7-4-12(10-18)17(20)19(15)13-5-6-13/h3-4,7-9,13H,5-6H2,1-2H3. The Bertz CT molecular complexity index is 795. The molecule has 21 heavy (non-hydrogen) atoms. The van der Waals surface area contributed by atoms with Gasteiger partial charge in [0.1, 0.15) is 17.4 Å². The third kappa shape index (κ3) is 2.31. The number of nitrogens with zero attached hydrogens (tertiary/aromatic N) is 2. The zero-order valence-corrected chi connectivity index (χ0v) is 12.1. The van der Waals surface area contributed by atoms with E-state index in [1.165, 1.54) is 0 Å². The SMILES string of the molecule is COc1ccc(C)cc1-c1ccc(C#N)c(=O)n1C1CC1. The van der Waals surface area contributed by atoms with E-state index < -0.39 is 0 Å². The van der Waals surface area contributed by atoms with E-state index in [2.05, 4.69) is 0 Å². The summed E-state index contributed by atoms with van der Waals surface area (Å²) in [5.41, 5.74) is 2.80. The number of hydrogen-bond acceptors (Lipinski definition) is 3. The van der Waals surface area contributed by atoms with E-state index in [0.29, 0.717) is 0 Å². The van der Waals surface area contributed by atoms with Crippen LogP contribution in [0.1, 0.15) is 30.0 Å². The summed E-state index contributed by atoms with van der Waals surface area (Å²) in [7, 11) is 1.62. The van der Waals surface area contributed by atoms with Gasteiger partial charge < -0.3 is 9.30 Å². The van der Waals surface area contributed by atoms with Gasteiger partial charge in [-0.2, -0.15) is 5.26 Å². The zero-order valence-electron chi connectivity index (χ0n) is 12.1. The molecule has 1 heterocycles. The van der Waals surface area contributed by atoms with Crippen LogP contribution in [0.25, 0.3) is 11.3 Å². The smallest absolute Gasteiger partial charge is 0.269 e. The molecule has 4 nitrogen and oxygen atoms in total. The first-order valence-corrected chi connectivity index (χ1v) is 6.96. The maximum atomic E-state index is 12.5. The molecular formula is C17H16N2O2. The van der Waals surface area contributed by atoms with E-state index in [-0.39, 0.29) is 17.2 Å². The van der Waals surface area contributed by atoms with E-state index in [4.69, 9.17) is 10.00 Å². The minimum absolute atomic E-state index is 0.192. The highest BCUT2D eigenvalue weighted by Gasteiger charge is 2.28. The highest BCUT2D eigenvalue weighted by molar-refractivity contribution is 5.69. The molecule has 2 aromatic rings. The minimum atomic E-state index is -0.207. The van der Waals surface area contributed by atoms with Crippen molar-refractivity contribution >= 4 is 0 Å². The van der Waals surface area contributed by atoms with Crippen LogP contribution in [-0.2, 0) is 0 Å². The second kappa shape index (κ2) is 5.10. The number of benzene rings is 1. The number of methoxy groups -OCH3 is 1. The Labute approximate surface area is 123 Å². The molecule has 1 saturated carbocycles. The summed E-state index contributed by atoms with van der Waals surface area (Å²) in [6.45, 7) is 2.01. The van der Waals surface area contributed by atoms with Crippen LogP contribution < -0.4 is 10.3 Å². The number of ether oxygens (including phenoxy) is 1. The molecule has 0 N–H and O–H groups in total. The van der Waals surface area contributed by atoms with E-state index in [1.807, 2.05) is 37.3 Å². The average Bonchev–Trinajstić information content (AvgIpc) is 3.31. The Morgan fingerprint density at radius 1 is 1.29 bits per heavy atom. The second-order valence-corrected chi connectivity index (χ2v) is 5.35. The molecule has 0 radical (unpaired) electrons. The van der Waals surface area contributed by atoms with E-state index in [9.17, 15) is 4.79 Å². The van der Waals surface area contributed by atoms with Gasteiger partial charge in [0.15, 0.2) is 0 Å². The highest BCUT2D eigenvalue weighted by atomic mass is 16.5. The van der Waals surface area contributed by atoms with Gasteiger partial charge in [-0.15, -0.1) is 0 Å². The molecule has 0 unspecified atom stereocenters. The Kier molecular flexibility index (Phi) is 3.26. The molecule has 0 bridgehead atoms. The highest BCUT2D eigenvalue weighted by Crippen LogP contribution is 2.39. The van der Waals surface area contributed by atoms with Gasteiger partial charge >= 0.3 is 0 Å². The van der Waals surface area contributed by atoms with Crippen LogP contribution in [0.3, 0.4) is 0 Å². The van der Waals surface area contributed by atoms with Crippen molar-refractivity contribution in [2.24, 2.45) is 0 Å². The number of rotatable bonds is 3. The first-order chi connectivity index (χ1) is 10.2. The fourth-order valence-electron chi connectivity index (χ4n) is 2.57. The number of aryl methyl sites for hydroxylation is 1. The number of nitriles is 1. The van der Waals surface area contributed by atoms with Crippen molar-refractivity contribution in [3.8, 4) is 23.1 Å². The lowest BCUT2D eigenvalue weighted by Gasteiger charge is -2.16. The van der Waals surface area contributed by atoms with Crippen molar-refractivity contribution in [3.05, 3.63) is 51.8 Å². The molecule has 0 saturated heterocycles. The Balaban J connectivity index is 2.29. The quantitative estimate of drug-likeness (QED) is 0.868. The summed E-state index contributed by atoms with van der Waals surface area (Å²) >= 11 is 0. The van der Waals surface area contributed by atoms with Gasteiger partial charge in [-0.25, -0.2) is 0 Å². The van der Waals surface area contributed by atoms with Crippen molar-refractivity contribution in [3.63, 3.8) is 0 Å². The first kappa shape index (κ1) is 13.4. The van der Waals surface area contributed by atoms with Gasteiger partial charge in [-0.1, -0.05) is 11.6 Å². The van der Waals surface area contributed by atoms with Gasteiger partial charge in [-0.3, -0.25) is 4.79 Å². The van der Waals surface area contributed by atoms with Crippen LogP contribution in [-0.4, -0.2) is 11.7 Å². The summed E-state index contributed by atoms with van der Waals surface area (Å²) in [6, 6.07) is 11.5. The van der Waals surface area contributed by atoms with Crippen LogP contribution >= 0.6 is 0 Å². The largest absolute Gasteiger partial charge is 0.496 e. The maximum absolute atomic E-state index is 12.5. The summed E-state index contributed by atoms with van der Waals surface area (Å²) < 4.78 is 7.17. The number of aromatic nitrogens is 1. The molecule has 1 aliphatic carbocycles. The first-order valence-electron chi connectivity index (χ1n) is 6.96. The zero-order chi connectivity index (χ0) is 15.0. The monoisotopic (exact) mass is 280 g/mol. The van der Waals surface area contributed by atoms with Crippen LogP contribution in [0.5, 0.6) is 5.75 Å². The lowest BCUT2D eigenvalue weighted by atomic mass is 10.1. The fourth-order valence-corrected chi connectivity index (χ4v) is 2.57. The average molecular weight is 280 g/mol. The van der Waals surface area contributed by atoms with E-state index in [0.717, 1.165) is 35.4 Å². The molecule has 0 spiro atoms. The normalized spacial score (nSPS) is 13.8. The Morgan fingerprint density at radius 2 is 2.05 bits per heavy atom. The molecule has 0 amide bonds. The minimum Gasteiger partial charge on any atom is -0.496 e. The topological polar surface area (TPSA) is 55.0 Å². The summed E-state index contributed by atoms with van der Waals surface area (Å²) in [5.74, 6) is 0.735. The van der Waals surface area contributed by atoms with Gasteiger partial charge in [0, 0.05) is 11.6 Å². The molecule has 0 atom stereocenters. The summed E-state index contributed by atoms with van der Waals surface area (Å²) in [5, 5.41) is 9.06. The van der Waals surface area contributed by atoms with Crippen molar-refractivity contribution in [1.82, 2.24) is 4.57 Å². The van der Waals surface area contributed by atoms with Crippen molar-refractivity contribution in [1.29, 1.82) is 5.26 Å². The molecule has 0 aliphatic heterocycles. The Hall–Kier alpha value is -2.54. The molecule has 3 rings (SSSR count). The van der Waals surface area contributed by atoms with Crippen molar-refractivity contribution in [2.45, 2.75) is 25.8 Å². The summed E-state index contributed by atoms with van der Waals surface area (Å²) in [4.78, 5) is 12.5. The predicted octanol–water partition coefficient (Wildman–Crippen LogP) is 3.04. The number of hydrogen-bond donors (Lipinski definition) is 0. The third-order valence-electron chi connectivity index (χ3n) is 3.78. The lowest BCUT2D eigenvalue weighted by Crippen LogP contribution is -2.23. The molecule has 1 aromatic carbocycles. The van der Waals surface area contributed by atoms with Gasteiger partial charge in [0.25, 0.3) is 5.56 Å². The van der Waals surface area contributed by atoms with Gasteiger partial charge in [0.05, 0.1) is 12.8 Å². The molecule has 4 heteroatoms. The third-order valence-corrected chi connectivity index (χ3v) is 3.78. The molecule has 1 aromatic heterocycles. The molecular weight excluding hydrogens is 264 g/mol. The maximum Gasteiger partial charge on any atom is 0.269 e. The van der Waals surface area contributed by atoms with Crippen LogP contribution in [0.15, 0.2) is 35.1 Å². The predicted molar refractivity (Wildman–Crippen MR) is 80.4 cm³/mol. The van der Waals surface area contributed by atoms with Crippen LogP contribution in [0.2, 0.25) is 0 Å². The molecule has 106 valence electrons. The van der Waals surface area contributed by atoms with Crippen LogP contribution in [0, 0.1) is 18.3 Å². The second-order valence-electron chi connectivity index (χ2n) is 5.35. The van der Waals surface area contributed by atoms with Crippen LogP contribution in [0.4, 0.5) is 0 Å². The van der Waals surface area contributed by atoms with Crippen molar-refractivity contribution < 1.29 is 4.74 Å². The fraction of sp³-hybridized carbons (Fsp3) is 0.294. The molecule has 1 fully saturated rings. The lowest BCUT2D eigenvalue weighted by molar-refractivity contribution is 0.416. The number of pyridine rings is 1. The van der Waals surface area contributed by atoms with E-state index in [1.54, 1.807) is 17.7 Å². The Morgan fingerprint density at radius 3 is 2.67 bits per heavy atom.